The standard InChI is InChI=1S/C38H41FN4O5/c1-23(2)22-48-32-20-28(13-9-24(32)11-16-33(44)45)41-37(47)38(17-6-18-38)42-36(46)26-10-14-29-31(19-26)43(3)35(30-15-12-27(39)21-40-30)34(29)25-7-4-5-8-25/h9-16,19-21,23,25H,4-8,17-18,22H2,1-3H3,(H,41,47)(H,42,46)(H,44,45)/b16-11+. The molecule has 0 bridgehead atoms. The molecular formula is C38H41FN4O5. The number of pyridine rings is 1. The van der Waals surface area contributed by atoms with Crippen LogP contribution in [0.25, 0.3) is 28.4 Å². The van der Waals surface area contributed by atoms with E-state index in [9.17, 15) is 18.8 Å². The lowest BCUT2D eigenvalue weighted by atomic mass is 9.75. The second kappa shape index (κ2) is 13.6. The lowest BCUT2D eigenvalue weighted by molar-refractivity contribution is -0.131. The van der Waals surface area contributed by atoms with Crippen molar-refractivity contribution in [2.45, 2.75) is 70.3 Å². The number of carboxylic acids is 1. The maximum Gasteiger partial charge on any atom is 0.328 e. The minimum absolute atomic E-state index is 0.239. The number of nitrogens with zero attached hydrogens (tertiary/aromatic N) is 2. The smallest absolute Gasteiger partial charge is 0.328 e. The van der Waals surface area contributed by atoms with Gasteiger partial charge >= 0.3 is 5.97 Å². The number of carbonyl (C=O) groups excluding carboxylic acids is 2. The topological polar surface area (TPSA) is 123 Å². The van der Waals surface area contributed by atoms with Gasteiger partial charge in [-0.2, -0.15) is 0 Å². The van der Waals surface area contributed by atoms with Crippen molar-refractivity contribution in [2.24, 2.45) is 13.0 Å². The molecule has 0 aliphatic heterocycles. The van der Waals surface area contributed by atoms with Crippen molar-refractivity contribution in [2.75, 3.05) is 11.9 Å². The molecule has 2 saturated carbocycles. The van der Waals surface area contributed by atoms with Crippen LogP contribution in [-0.4, -0.2) is 44.6 Å². The molecule has 250 valence electrons. The fourth-order valence-corrected chi connectivity index (χ4v) is 6.83. The first kappa shape index (κ1) is 32.9. The van der Waals surface area contributed by atoms with Crippen molar-refractivity contribution in [1.82, 2.24) is 14.9 Å². The van der Waals surface area contributed by atoms with Gasteiger partial charge in [0, 0.05) is 46.9 Å². The highest BCUT2D eigenvalue weighted by Gasteiger charge is 2.45. The third-order valence-electron chi connectivity index (χ3n) is 9.48. The Bertz CT molecular complexity index is 1890. The number of rotatable bonds is 11. The molecule has 2 amide bonds. The van der Waals surface area contributed by atoms with Crippen LogP contribution in [0.1, 0.15) is 86.2 Å². The van der Waals surface area contributed by atoms with Gasteiger partial charge in [0.05, 0.1) is 24.2 Å². The molecule has 4 aromatic rings. The van der Waals surface area contributed by atoms with Crippen LogP contribution in [0.2, 0.25) is 0 Å². The fraction of sp³-hybridized carbons (Fsp3) is 0.368. The molecule has 0 unspecified atom stereocenters. The molecule has 2 aromatic carbocycles. The van der Waals surface area contributed by atoms with Gasteiger partial charge < -0.3 is 25.0 Å². The molecule has 2 fully saturated rings. The number of amides is 2. The lowest BCUT2D eigenvalue weighted by Crippen LogP contribution is -2.61. The number of hydrogen-bond acceptors (Lipinski definition) is 5. The van der Waals surface area contributed by atoms with Crippen LogP contribution in [0.3, 0.4) is 0 Å². The largest absolute Gasteiger partial charge is 0.493 e. The summed E-state index contributed by atoms with van der Waals surface area (Å²) in [6, 6.07) is 13.8. The van der Waals surface area contributed by atoms with Gasteiger partial charge in [-0.1, -0.05) is 32.8 Å². The van der Waals surface area contributed by atoms with Crippen LogP contribution in [-0.2, 0) is 16.6 Å². The number of aromatic nitrogens is 2. The Kier molecular flexibility index (Phi) is 9.35. The number of ether oxygens (including phenoxy) is 1. The molecule has 0 radical (unpaired) electrons. The molecule has 0 spiro atoms. The van der Waals surface area contributed by atoms with Crippen LogP contribution in [0, 0.1) is 11.7 Å². The average Bonchev–Trinajstić information content (AvgIpc) is 3.67. The predicted molar refractivity (Wildman–Crippen MR) is 183 cm³/mol. The van der Waals surface area contributed by atoms with Gasteiger partial charge in [-0.25, -0.2) is 9.18 Å². The number of hydrogen-bond donors (Lipinski definition) is 3. The maximum absolute atomic E-state index is 13.8. The third-order valence-corrected chi connectivity index (χ3v) is 9.48. The number of fused-ring (bicyclic) bond motifs is 1. The highest BCUT2D eigenvalue weighted by molar-refractivity contribution is 6.06. The summed E-state index contributed by atoms with van der Waals surface area (Å²) in [6.07, 6.45) is 9.97. The Labute approximate surface area is 279 Å². The molecule has 9 nitrogen and oxygen atoms in total. The van der Waals surface area contributed by atoms with Crippen molar-refractivity contribution in [1.29, 1.82) is 0 Å². The van der Waals surface area contributed by atoms with E-state index in [1.54, 1.807) is 24.3 Å². The van der Waals surface area contributed by atoms with Crippen molar-refractivity contribution >= 4 is 40.4 Å². The first-order valence-corrected chi connectivity index (χ1v) is 16.6. The number of nitrogens with one attached hydrogen (secondary N) is 2. The summed E-state index contributed by atoms with van der Waals surface area (Å²) in [5.74, 6) is -1.08. The Hall–Kier alpha value is -4.99. The van der Waals surface area contributed by atoms with E-state index in [1.807, 2.05) is 43.7 Å². The quantitative estimate of drug-likeness (QED) is 0.145. The van der Waals surface area contributed by atoms with Gasteiger partial charge in [0.2, 0.25) is 5.91 Å². The van der Waals surface area contributed by atoms with Crippen LogP contribution in [0.5, 0.6) is 5.75 Å². The Morgan fingerprint density at radius 2 is 1.85 bits per heavy atom. The number of carbonyl (C=O) groups is 3. The molecule has 0 saturated heterocycles. The number of carboxylic acid groups (broad SMARTS) is 1. The summed E-state index contributed by atoms with van der Waals surface area (Å²) < 4.78 is 21.8. The minimum atomic E-state index is -1.07. The Morgan fingerprint density at radius 1 is 1.08 bits per heavy atom. The first-order chi connectivity index (χ1) is 23.0. The maximum atomic E-state index is 13.8. The molecule has 2 aromatic heterocycles. The second-order valence-electron chi connectivity index (χ2n) is 13.4. The number of benzene rings is 2. The zero-order chi connectivity index (χ0) is 34.0. The number of anilines is 1. The Balaban J connectivity index is 1.25. The van der Waals surface area contributed by atoms with E-state index in [2.05, 4.69) is 15.6 Å². The van der Waals surface area contributed by atoms with Gasteiger partial charge in [-0.15, -0.1) is 0 Å². The van der Waals surface area contributed by atoms with Crippen LogP contribution >= 0.6 is 0 Å². The summed E-state index contributed by atoms with van der Waals surface area (Å²) in [5, 5.41) is 16.1. The van der Waals surface area contributed by atoms with Gasteiger partial charge in [0.25, 0.3) is 5.91 Å². The molecule has 2 heterocycles. The van der Waals surface area contributed by atoms with Crippen molar-refractivity contribution in [3.8, 4) is 17.1 Å². The fourth-order valence-electron chi connectivity index (χ4n) is 6.83. The minimum Gasteiger partial charge on any atom is -0.493 e. The van der Waals surface area contributed by atoms with E-state index < -0.39 is 17.3 Å². The monoisotopic (exact) mass is 652 g/mol. The number of halogens is 1. The summed E-state index contributed by atoms with van der Waals surface area (Å²) in [5.41, 5.74) is 4.13. The molecule has 3 N–H and O–H groups in total. The number of aliphatic carboxylic acids is 1. The van der Waals surface area contributed by atoms with Gasteiger partial charge in [0.1, 0.15) is 17.1 Å². The van der Waals surface area contributed by atoms with E-state index in [1.165, 1.54) is 23.9 Å². The molecule has 6 rings (SSSR count). The molecule has 0 atom stereocenters. The van der Waals surface area contributed by atoms with Gasteiger partial charge in [-0.3, -0.25) is 14.6 Å². The van der Waals surface area contributed by atoms with E-state index in [-0.39, 0.29) is 17.7 Å². The van der Waals surface area contributed by atoms with E-state index in [0.717, 1.165) is 54.8 Å². The Morgan fingerprint density at radius 3 is 2.50 bits per heavy atom. The number of aryl methyl sites for hydroxylation is 1. The molecule has 48 heavy (non-hydrogen) atoms. The van der Waals surface area contributed by atoms with Crippen molar-refractivity contribution < 1.29 is 28.6 Å². The third kappa shape index (κ3) is 6.70. The van der Waals surface area contributed by atoms with Gasteiger partial charge in [0.15, 0.2) is 0 Å². The molecule has 10 heteroatoms. The van der Waals surface area contributed by atoms with Crippen LogP contribution in [0.15, 0.2) is 60.8 Å². The predicted octanol–water partition coefficient (Wildman–Crippen LogP) is 7.46. The normalized spacial score (nSPS) is 15.9. The molecule has 2 aliphatic carbocycles. The van der Waals surface area contributed by atoms with E-state index >= 15 is 0 Å². The lowest BCUT2D eigenvalue weighted by Gasteiger charge is -2.40. The molecule has 2 aliphatic rings. The van der Waals surface area contributed by atoms with Crippen molar-refractivity contribution in [3.63, 3.8) is 0 Å². The summed E-state index contributed by atoms with van der Waals surface area (Å²) >= 11 is 0. The van der Waals surface area contributed by atoms with Crippen molar-refractivity contribution in [3.05, 3.63) is 83.3 Å². The zero-order valence-corrected chi connectivity index (χ0v) is 27.5. The van der Waals surface area contributed by atoms with E-state index in [0.29, 0.717) is 53.6 Å². The van der Waals surface area contributed by atoms with Crippen LogP contribution in [0.4, 0.5) is 10.1 Å². The van der Waals surface area contributed by atoms with Crippen LogP contribution < -0.4 is 15.4 Å². The SMILES string of the molecule is CC(C)COc1cc(NC(=O)C2(NC(=O)c3ccc4c(C5CCCC5)c(-c5ccc(F)cn5)n(C)c4c3)CCC2)ccc1/C=C/C(=O)O. The molecular weight excluding hydrogens is 611 g/mol. The summed E-state index contributed by atoms with van der Waals surface area (Å²) in [7, 11) is 1.95. The summed E-state index contributed by atoms with van der Waals surface area (Å²) in [6.45, 7) is 4.43. The highest BCUT2D eigenvalue weighted by atomic mass is 19.1. The average molecular weight is 653 g/mol. The summed E-state index contributed by atoms with van der Waals surface area (Å²) in [4.78, 5) is 43.0. The first-order valence-electron chi connectivity index (χ1n) is 16.6. The highest BCUT2D eigenvalue weighted by Crippen LogP contribution is 2.44. The van der Waals surface area contributed by atoms with Gasteiger partial charge in [-0.05, 0) is 92.0 Å². The van der Waals surface area contributed by atoms with E-state index in [4.69, 9.17) is 9.84 Å². The second-order valence-corrected chi connectivity index (χ2v) is 13.4. The zero-order valence-electron chi connectivity index (χ0n) is 27.5.